The van der Waals surface area contributed by atoms with Crippen LogP contribution in [0.1, 0.15) is 41.5 Å². The summed E-state index contributed by atoms with van der Waals surface area (Å²) in [6.07, 6.45) is -93.1. The average Bonchev–Trinajstić information content (AvgIpc) is 0.762. The van der Waals surface area contributed by atoms with Crippen molar-refractivity contribution in [3.63, 3.8) is 0 Å². The Hall–Kier alpha value is -4.45. The molecule has 10 aliphatic rings. The number of carbonyl (C=O) groups excluding carboxylic acids is 5. The first-order valence-corrected chi connectivity index (χ1v) is 40.0. The summed E-state index contributed by atoms with van der Waals surface area (Å²) in [4.78, 5) is 64.2. The van der Waals surface area contributed by atoms with Crippen LogP contribution in [0.15, 0.2) is 0 Å². The summed E-state index contributed by atoms with van der Waals surface area (Å²) in [5.41, 5.74) is 0. The Morgan fingerprint density at radius 1 is 0.224 bits per heavy atom. The number of hydrogen-bond acceptors (Lipinski definition) is 50. The fraction of sp³-hybridized carbons (Fsp3) is 0.929. The lowest BCUT2D eigenvalue weighted by Gasteiger charge is -2.51. The molecule has 5 amide bonds. The van der Waals surface area contributed by atoms with E-state index in [0.29, 0.717) is 0 Å². The molecule has 10 saturated heterocycles. The number of amides is 5. The van der Waals surface area contributed by atoms with E-state index < -0.39 is 396 Å². The van der Waals surface area contributed by atoms with Crippen LogP contribution in [0.4, 0.5) is 0 Å². The monoisotopic (exact) mass is 1830 g/mol. The molecule has 55 nitrogen and oxygen atoms in total. The van der Waals surface area contributed by atoms with Gasteiger partial charge in [0.25, 0.3) is 0 Å². The highest BCUT2D eigenvalue weighted by atomic mass is 16.8. The molecule has 50 atom stereocenters. The topological polar surface area (TPSA) is 847 Å². The zero-order chi connectivity index (χ0) is 92.1. The van der Waals surface area contributed by atoms with Crippen molar-refractivity contribution in [1.29, 1.82) is 0 Å². The van der Waals surface area contributed by atoms with E-state index in [4.69, 9.17) is 90.0 Å². The molecule has 0 aromatic carbocycles. The van der Waals surface area contributed by atoms with Gasteiger partial charge in [-0.25, -0.2) is 0 Å². The Balaban J connectivity index is 0.989. The molecule has 0 spiro atoms. The molecule has 55 heteroatoms. The number of carbonyl (C=O) groups is 5. The van der Waals surface area contributed by atoms with E-state index in [1.807, 2.05) is 0 Å². The predicted octanol–water partition coefficient (Wildman–Crippen LogP) is -21.1. The second-order valence-corrected chi connectivity index (χ2v) is 31.7. The maximum Gasteiger partial charge on any atom is 0.217 e. The summed E-state index contributed by atoms with van der Waals surface area (Å²) in [5.74, 6) is -4.59. The maximum atomic E-state index is 13.3. The lowest BCUT2D eigenvalue weighted by molar-refractivity contribution is -0.398. The van der Waals surface area contributed by atoms with Crippen LogP contribution < -0.4 is 26.6 Å². The van der Waals surface area contributed by atoms with E-state index in [0.717, 1.165) is 34.6 Å². The first kappa shape index (κ1) is 103. The molecule has 1 unspecified atom stereocenters. The summed E-state index contributed by atoms with van der Waals surface area (Å²) < 4.78 is 114. The van der Waals surface area contributed by atoms with Crippen molar-refractivity contribution in [2.24, 2.45) is 0 Å². The van der Waals surface area contributed by atoms with Crippen LogP contribution in [0.5, 0.6) is 0 Å². The van der Waals surface area contributed by atoms with Crippen LogP contribution in [0.3, 0.4) is 0 Å². The number of aliphatic hydroxyl groups is 26. The number of hydrogen-bond donors (Lipinski definition) is 31. The molecule has 0 aromatic rings. The van der Waals surface area contributed by atoms with Gasteiger partial charge < -0.3 is 249 Å². The fourth-order valence-electron chi connectivity index (χ4n) is 16.2. The maximum absolute atomic E-state index is 13.3. The molecule has 0 bridgehead atoms. The SMILES string of the molecule is CC(=O)N[C@@H]1[C@H](O[C@@H]2[C@@H](O[C@@H]3[C@H](O)[C@H](O[C@H]4[C@H](O)[C@@H](NC(C)=O)[C@H](O[C@H]5[C@H](O)[C@@H](NC(C)=O)C(O)O[C@@H]5CO[C@@H]5O[C@@H](C)[C@@H](O)[C@@H](O)[C@@H]5O)O[C@@H]4CO)O[C@H](CO[C@H]4O[C@H](CO)[C@@H](O)[C@H](O)[C@@H]4O[C@@H]4O[C@H](CO)[C@H](O[C@@H]5O[C@H](CO)[C@H](O)[C@H](O)[C@H]5O)[C@H](O)[C@H]4NC(C)=O)[C@H]3O)O[C@H](CO)[C@@H](O)[C@@H]2O)O[C@H](CO)[C@@H](O[C@@H]2O[C@H](CO)[C@H](O)[C@H](O)[C@H]2NC(C)=O)[C@@H]1O. The standard InChI is InChI=1S/C70H117N5O50/c1-16-36(88)47(99)51(103)66(109-16)107-15-30-57(43(95)31(61(106)110-30)71-17(2)83)120-63-33(73-19(4)85)45(97)56(28(13-82)115-63)122-68-53(105)58(123-70-60(50(102)40(92)25(10-79)114-70)125-65-34(74-20(5)86)44(96)54(26(11-80)116-65)119-62-32(72-18(3)84)42(94)37(89)22(7-76)111-62)41(93)29(118-68)14-108-69-59(49(101)39(91)24(9-78)113-69)124-64-35(75-21(6)87)46(98)55(27(12-81)117-64)121-67-52(104)48(100)38(90)23(8-77)112-67/h16,22-70,76-82,88-106H,7-15H2,1-6H3,(H,71,83)(H,72,84)(H,73,85)(H,74,86)(H,75,87)/t16-,22+,23+,24+,25+,26+,27+,28+,29+,30+,31+,32+,33+,34-,35+,36+,37-,38-,39+,40+,41+,42+,43+,44+,45+,46+,47+,48-,49-,50-,51-,52+,53-,54+,55-,56+,57+,58-,59-,60-,61?,62-,63-,64-,65-,66+,67-,68-,69-,70+/m0/s1. The molecule has 10 rings (SSSR count). The van der Waals surface area contributed by atoms with Gasteiger partial charge in [0.1, 0.15) is 238 Å². The zero-order valence-electron chi connectivity index (χ0n) is 67.7. The fourth-order valence-corrected chi connectivity index (χ4v) is 16.2. The lowest BCUT2D eigenvalue weighted by atomic mass is 9.93. The van der Waals surface area contributed by atoms with Crippen molar-refractivity contribution in [1.82, 2.24) is 26.6 Å². The Bertz CT molecular complexity index is 3420. The molecule has 125 heavy (non-hydrogen) atoms. The number of aliphatic hydroxyl groups excluding tert-OH is 26. The molecule has 10 heterocycles. The predicted molar refractivity (Wildman–Crippen MR) is 386 cm³/mol. The third-order valence-corrected chi connectivity index (χ3v) is 22.8. The summed E-state index contributed by atoms with van der Waals surface area (Å²) in [5, 5.41) is 304. The second kappa shape index (κ2) is 44.9. The van der Waals surface area contributed by atoms with Crippen LogP contribution in [0.25, 0.3) is 0 Å². The smallest absolute Gasteiger partial charge is 0.217 e. The van der Waals surface area contributed by atoms with Gasteiger partial charge >= 0.3 is 0 Å². The normalized spacial score (nSPS) is 48.7. The lowest BCUT2D eigenvalue weighted by Crippen LogP contribution is -2.71. The van der Waals surface area contributed by atoms with E-state index in [1.165, 1.54) is 6.92 Å². The van der Waals surface area contributed by atoms with E-state index in [1.54, 1.807) is 0 Å². The van der Waals surface area contributed by atoms with Crippen molar-refractivity contribution in [3.05, 3.63) is 0 Å². The van der Waals surface area contributed by atoms with Crippen LogP contribution >= 0.6 is 0 Å². The average molecular weight is 1830 g/mol. The summed E-state index contributed by atoms with van der Waals surface area (Å²) in [7, 11) is 0. The van der Waals surface area contributed by atoms with E-state index in [2.05, 4.69) is 26.6 Å². The highest BCUT2D eigenvalue weighted by Crippen LogP contribution is 2.41. The molecule has 31 N–H and O–H groups in total. The molecule has 0 aliphatic carbocycles. The Morgan fingerprint density at radius 2 is 0.496 bits per heavy atom. The van der Waals surface area contributed by atoms with E-state index >= 15 is 0 Å². The van der Waals surface area contributed by atoms with Gasteiger partial charge in [-0.05, 0) is 6.92 Å². The first-order chi connectivity index (χ1) is 59.1. The molecule has 0 aromatic heterocycles. The van der Waals surface area contributed by atoms with Gasteiger partial charge in [-0.2, -0.15) is 0 Å². The summed E-state index contributed by atoms with van der Waals surface area (Å²) in [6.45, 7) is -3.86. The second-order valence-electron chi connectivity index (χ2n) is 31.7. The van der Waals surface area contributed by atoms with Gasteiger partial charge in [0.2, 0.25) is 29.5 Å². The van der Waals surface area contributed by atoms with Crippen LogP contribution in [0.2, 0.25) is 0 Å². The van der Waals surface area contributed by atoms with Gasteiger partial charge in [-0.3, -0.25) is 24.0 Å². The quantitative estimate of drug-likeness (QED) is 0.0297. The van der Waals surface area contributed by atoms with Gasteiger partial charge in [-0.1, -0.05) is 0 Å². The molecular weight excluding hydrogens is 1710 g/mol. The van der Waals surface area contributed by atoms with Gasteiger partial charge in [0.15, 0.2) is 62.9 Å². The van der Waals surface area contributed by atoms with Crippen molar-refractivity contribution in [3.8, 4) is 0 Å². The number of ether oxygens (including phenoxy) is 19. The largest absolute Gasteiger partial charge is 0.394 e. The van der Waals surface area contributed by atoms with Crippen LogP contribution in [0, 0.1) is 0 Å². The molecule has 10 aliphatic heterocycles. The number of rotatable bonds is 32. The van der Waals surface area contributed by atoms with Gasteiger partial charge in [0, 0.05) is 34.6 Å². The Morgan fingerprint density at radius 3 is 0.912 bits per heavy atom. The minimum atomic E-state index is -2.63. The summed E-state index contributed by atoms with van der Waals surface area (Å²) in [6, 6.07) is -9.40. The minimum Gasteiger partial charge on any atom is -0.394 e. The van der Waals surface area contributed by atoms with E-state index in [9.17, 15) is 157 Å². The third-order valence-electron chi connectivity index (χ3n) is 22.8. The molecular formula is C70H117N5O50. The van der Waals surface area contributed by atoms with Gasteiger partial charge in [-0.15, -0.1) is 0 Å². The van der Waals surface area contributed by atoms with Crippen molar-refractivity contribution < 1.29 is 247 Å². The van der Waals surface area contributed by atoms with Gasteiger partial charge in [0.05, 0.1) is 65.6 Å². The molecule has 722 valence electrons. The Labute approximate surface area is 708 Å². The van der Waals surface area contributed by atoms with Crippen LogP contribution in [-0.4, -0.2) is 529 Å². The number of nitrogens with one attached hydrogen (secondary N) is 5. The molecule has 10 fully saturated rings. The van der Waals surface area contributed by atoms with Crippen molar-refractivity contribution in [2.45, 2.75) is 348 Å². The highest BCUT2D eigenvalue weighted by Gasteiger charge is 2.62. The van der Waals surface area contributed by atoms with Crippen LogP contribution in [-0.2, 0) is 114 Å². The summed E-state index contributed by atoms with van der Waals surface area (Å²) >= 11 is 0. The first-order valence-electron chi connectivity index (χ1n) is 40.0. The highest BCUT2D eigenvalue weighted by molar-refractivity contribution is 5.75. The van der Waals surface area contributed by atoms with Crippen molar-refractivity contribution >= 4 is 29.5 Å². The Kier molecular flexibility index (Phi) is 36.8. The van der Waals surface area contributed by atoms with Crippen molar-refractivity contribution in [2.75, 3.05) is 59.5 Å². The zero-order valence-corrected chi connectivity index (χ0v) is 67.7. The molecule has 0 radical (unpaired) electrons. The molecule has 0 saturated carbocycles. The minimum absolute atomic E-state index is 0.822. The third kappa shape index (κ3) is 23.1. The van der Waals surface area contributed by atoms with E-state index in [-0.39, 0.29) is 0 Å².